The van der Waals surface area contributed by atoms with Crippen LogP contribution in [0.1, 0.15) is 31.9 Å². The van der Waals surface area contributed by atoms with Crippen molar-refractivity contribution in [1.29, 1.82) is 0 Å². The molecule has 2 aromatic carbocycles. The fourth-order valence-corrected chi connectivity index (χ4v) is 3.59. The number of nitrogens with one attached hydrogen (secondary N) is 1. The Bertz CT molecular complexity index is 767. The summed E-state index contributed by atoms with van der Waals surface area (Å²) < 4.78 is 26.5. The van der Waals surface area contributed by atoms with Crippen LogP contribution in [0, 0.1) is 5.82 Å². The molecule has 0 saturated heterocycles. The van der Waals surface area contributed by atoms with Crippen molar-refractivity contribution in [2.45, 2.75) is 33.9 Å². The molecule has 0 aromatic heterocycles. The Morgan fingerprint density at radius 3 is 2.48 bits per heavy atom. The molecule has 0 aliphatic carbocycles. The molecule has 0 atom stereocenters. The molecule has 0 amide bonds. The zero-order valence-corrected chi connectivity index (χ0v) is 19.6. The maximum absolute atomic E-state index is 14.0. The van der Waals surface area contributed by atoms with Gasteiger partial charge >= 0.3 is 0 Å². The number of rotatable bonds is 12. The lowest BCUT2D eigenvalue weighted by molar-refractivity contribution is 0.265. The summed E-state index contributed by atoms with van der Waals surface area (Å²) in [7, 11) is 0. The van der Waals surface area contributed by atoms with Crippen molar-refractivity contribution in [2.75, 3.05) is 32.8 Å². The predicted octanol–water partition coefficient (Wildman–Crippen LogP) is 5.65. The first-order chi connectivity index (χ1) is 14.0. The number of hydrogen-bond acceptors (Lipinski definition) is 4. The zero-order valence-electron chi connectivity index (χ0n) is 17.2. The first kappa shape index (κ1) is 23.9. The number of ether oxygens (including phenoxy) is 2. The fourth-order valence-electron chi connectivity index (χ4n) is 2.91. The molecular formula is C22H29BrClFN2O2. The highest BCUT2D eigenvalue weighted by molar-refractivity contribution is 9.10. The maximum Gasteiger partial charge on any atom is 0.162 e. The van der Waals surface area contributed by atoms with E-state index in [0.29, 0.717) is 35.2 Å². The monoisotopic (exact) mass is 486 g/mol. The lowest BCUT2D eigenvalue weighted by atomic mass is 10.2. The van der Waals surface area contributed by atoms with E-state index in [-0.39, 0.29) is 12.4 Å². The number of hydrogen-bond donors (Lipinski definition) is 1. The Morgan fingerprint density at radius 1 is 1.10 bits per heavy atom. The van der Waals surface area contributed by atoms with Gasteiger partial charge in [0, 0.05) is 29.7 Å². The lowest BCUT2D eigenvalue weighted by Crippen LogP contribution is -2.31. The van der Waals surface area contributed by atoms with Crippen molar-refractivity contribution in [1.82, 2.24) is 10.2 Å². The largest absolute Gasteiger partial charge is 0.490 e. The summed E-state index contributed by atoms with van der Waals surface area (Å²) in [5.74, 6) is 0.789. The number of likely N-dealkylation sites (N-methyl/N-ethyl adjacent to an activating group) is 1. The molecule has 0 unspecified atom stereocenters. The Hall–Kier alpha value is -1.34. The molecule has 0 fully saturated rings. The van der Waals surface area contributed by atoms with E-state index in [1.165, 1.54) is 6.07 Å². The smallest absolute Gasteiger partial charge is 0.162 e. The summed E-state index contributed by atoms with van der Waals surface area (Å²) in [5, 5.41) is 3.81. The Labute approximate surface area is 186 Å². The molecule has 0 spiro atoms. The van der Waals surface area contributed by atoms with E-state index in [4.69, 9.17) is 21.1 Å². The van der Waals surface area contributed by atoms with Crippen molar-refractivity contribution >= 4 is 27.5 Å². The van der Waals surface area contributed by atoms with Gasteiger partial charge in [-0.1, -0.05) is 47.4 Å². The van der Waals surface area contributed by atoms with E-state index < -0.39 is 0 Å². The first-order valence-electron chi connectivity index (χ1n) is 9.94. The zero-order chi connectivity index (χ0) is 21.2. The molecule has 2 rings (SSSR count). The quantitative estimate of drug-likeness (QED) is 0.392. The summed E-state index contributed by atoms with van der Waals surface area (Å²) in [6.45, 7) is 11.5. The van der Waals surface area contributed by atoms with Crippen molar-refractivity contribution in [3.05, 3.63) is 56.8 Å². The van der Waals surface area contributed by atoms with Crippen LogP contribution in [0.5, 0.6) is 11.5 Å². The van der Waals surface area contributed by atoms with Gasteiger partial charge in [-0.3, -0.25) is 0 Å². The molecule has 4 nitrogen and oxygen atoms in total. The van der Waals surface area contributed by atoms with E-state index in [1.54, 1.807) is 12.1 Å². The van der Waals surface area contributed by atoms with Crippen molar-refractivity contribution in [3.8, 4) is 11.5 Å². The van der Waals surface area contributed by atoms with E-state index >= 15 is 0 Å². The summed E-state index contributed by atoms with van der Waals surface area (Å²) >= 11 is 9.70. The minimum Gasteiger partial charge on any atom is -0.490 e. The number of nitrogens with zero attached hydrogens (tertiary/aromatic N) is 1. The average Bonchev–Trinajstić information content (AvgIpc) is 2.70. The molecule has 0 saturated carbocycles. The van der Waals surface area contributed by atoms with Crippen LogP contribution < -0.4 is 14.8 Å². The Balaban J connectivity index is 2.06. The van der Waals surface area contributed by atoms with E-state index in [1.807, 2.05) is 19.1 Å². The molecule has 0 aliphatic heterocycles. The average molecular weight is 488 g/mol. The molecule has 0 aliphatic rings. The molecule has 2 aromatic rings. The fraction of sp³-hybridized carbons (Fsp3) is 0.455. The first-order valence-corrected chi connectivity index (χ1v) is 11.1. The van der Waals surface area contributed by atoms with E-state index in [0.717, 1.165) is 36.2 Å². The predicted molar refractivity (Wildman–Crippen MR) is 121 cm³/mol. The molecule has 0 radical (unpaired) electrons. The van der Waals surface area contributed by atoms with Crippen LogP contribution in [-0.2, 0) is 13.2 Å². The summed E-state index contributed by atoms with van der Waals surface area (Å²) in [6, 6.07) is 8.41. The van der Waals surface area contributed by atoms with Crippen LogP contribution in [0.25, 0.3) is 0 Å². The summed E-state index contributed by atoms with van der Waals surface area (Å²) in [5.41, 5.74) is 1.40. The molecule has 0 bridgehead atoms. The maximum atomic E-state index is 14.0. The molecule has 29 heavy (non-hydrogen) atoms. The van der Waals surface area contributed by atoms with Gasteiger partial charge in [-0.05, 0) is 49.8 Å². The van der Waals surface area contributed by atoms with Crippen LogP contribution >= 0.6 is 27.5 Å². The molecule has 1 N–H and O–H groups in total. The van der Waals surface area contributed by atoms with Gasteiger partial charge in [0.2, 0.25) is 0 Å². The van der Waals surface area contributed by atoms with E-state index in [9.17, 15) is 4.39 Å². The van der Waals surface area contributed by atoms with E-state index in [2.05, 4.69) is 40.0 Å². The minimum atomic E-state index is -0.386. The van der Waals surface area contributed by atoms with Gasteiger partial charge < -0.3 is 19.7 Å². The van der Waals surface area contributed by atoms with Gasteiger partial charge in [0.25, 0.3) is 0 Å². The highest BCUT2D eigenvalue weighted by atomic mass is 79.9. The second-order valence-corrected chi connectivity index (χ2v) is 7.78. The third kappa shape index (κ3) is 7.14. The van der Waals surface area contributed by atoms with Gasteiger partial charge in [0.1, 0.15) is 12.4 Å². The molecule has 7 heteroatoms. The molecular weight excluding hydrogens is 459 g/mol. The summed E-state index contributed by atoms with van der Waals surface area (Å²) in [4.78, 5) is 2.37. The Morgan fingerprint density at radius 2 is 1.83 bits per heavy atom. The highest BCUT2D eigenvalue weighted by Crippen LogP contribution is 2.35. The van der Waals surface area contributed by atoms with Crippen molar-refractivity contribution in [2.24, 2.45) is 0 Å². The minimum absolute atomic E-state index is 0.0273. The topological polar surface area (TPSA) is 33.7 Å². The third-order valence-electron chi connectivity index (χ3n) is 4.66. The standard InChI is InChI=1S/C22H29BrClFN2O2/c1-4-27(5-2)11-10-26-14-16-12-21(28-6-3)22(13-18(16)23)29-15-17-19(24)8-7-9-20(17)25/h7-9,12-13,26H,4-6,10-11,14-15H2,1-3H3. The van der Waals surface area contributed by atoms with Crippen LogP contribution in [0.4, 0.5) is 4.39 Å². The second kappa shape index (κ2) is 12.4. The van der Waals surface area contributed by atoms with Gasteiger partial charge in [-0.15, -0.1) is 0 Å². The number of halogens is 3. The van der Waals surface area contributed by atoms with Crippen molar-refractivity contribution < 1.29 is 13.9 Å². The van der Waals surface area contributed by atoms with Gasteiger partial charge in [-0.2, -0.15) is 0 Å². The third-order valence-corrected chi connectivity index (χ3v) is 5.75. The second-order valence-electron chi connectivity index (χ2n) is 6.52. The molecule has 0 heterocycles. The van der Waals surface area contributed by atoms with Crippen LogP contribution in [0.3, 0.4) is 0 Å². The molecule has 160 valence electrons. The van der Waals surface area contributed by atoms with Gasteiger partial charge in [0.05, 0.1) is 11.6 Å². The van der Waals surface area contributed by atoms with Crippen LogP contribution in [-0.4, -0.2) is 37.7 Å². The van der Waals surface area contributed by atoms with Crippen LogP contribution in [0.2, 0.25) is 5.02 Å². The SMILES string of the molecule is CCOc1cc(CNCCN(CC)CC)c(Br)cc1OCc1c(F)cccc1Cl. The number of benzene rings is 2. The Kier molecular flexibility index (Phi) is 10.2. The highest BCUT2D eigenvalue weighted by Gasteiger charge is 2.14. The lowest BCUT2D eigenvalue weighted by Gasteiger charge is -2.19. The normalized spacial score (nSPS) is 11.1. The van der Waals surface area contributed by atoms with Gasteiger partial charge in [0.15, 0.2) is 11.5 Å². The van der Waals surface area contributed by atoms with Gasteiger partial charge in [-0.25, -0.2) is 4.39 Å². The van der Waals surface area contributed by atoms with Crippen molar-refractivity contribution in [3.63, 3.8) is 0 Å². The van der Waals surface area contributed by atoms with Crippen LogP contribution in [0.15, 0.2) is 34.8 Å². The summed E-state index contributed by atoms with van der Waals surface area (Å²) in [6.07, 6.45) is 0.